The highest BCUT2D eigenvalue weighted by Gasteiger charge is 2.38. The Kier molecular flexibility index (Phi) is 2.75. The summed E-state index contributed by atoms with van der Waals surface area (Å²) < 4.78 is 0. The molecule has 0 aromatic carbocycles. The summed E-state index contributed by atoms with van der Waals surface area (Å²) in [6.07, 6.45) is 4.39. The number of hydrogen-bond donors (Lipinski definition) is 2. The topological polar surface area (TPSA) is 62.2 Å². The van der Waals surface area contributed by atoms with Gasteiger partial charge in [0, 0.05) is 0 Å². The summed E-state index contributed by atoms with van der Waals surface area (Å²) in [6, 6.07) is 0. The SMILES string of the molecule is Cc1ncc(C(=O)NC2(CO)CCC2)s1. The van der Waals surface area contributed by atoms with Crippen LogP contribution in [-0.2, 0) is 0 Å². The van der Waals surface area contributed by atoms with Crippen LogP contribution in [0.2, 0.25) is 0 Å². The number of aliphatic hydroxyl groups is 1. The van der Waals surface area contributed by atoms with Gasteiger partial charge in [0.25, 0.3) is 5.91 Å². The Morgan fingerprint density at radius 2 is 2.47 bits per heavy atom. The molecule has 15 heavy (non-hydrogen) atoms. The summed E-state index contributed by atoms with van der Waals surface area (Å²) in [5, 5.41) is 13.0. The van der Waals surface area contributed by atoms with E-state index in [9.17, 15) is 9.90 Å². The van der Waals surface area contributed by atoms with Crippen LogP contribution in [0.3, 0.4) is 0 Å². The van der Waals surface area contributed by atoms with Crippen LogP contribution in [0, 0.1) is 6.92 Å². The molecule has 82 valence electrons. The van der Waals surface area contributed by atoms with Crippen molar-refractivity contribution in [2.75, 3.05) is 6.61 Å². The Hall–Kier alpha value is -0.940. The van der Waals surface area contributed by atoms with Crippen molar-refractivity contribution in [2.45, 2.75) is 31.7 Å². The van der Waals surface area contributed by atoms with Crippen molar-refractivity contribution in [3.8, 4) is 0 Å². The van der Waals surface area contributed by atoms with Gasteiger partial charge in [-0.3, -0.25) is 4.79 Å². The molecule has 0 spiro atoms. The molecule has 4 nitrogen and oxygen atoms in total. The van der Waals surface area contributed by atoms with Crippen molar-refractivity contribution in [1.82, 2.24) is 10.3 Å². The van der Waals surface area contributed by atoms with Crippen molar-refractivity contribution in [1.29, 1.82) is 0 Å². The summed E-state index contributed by atoms with van der Waals surface area (Å²) >= 11 is 1.38. The fraction of sp³-hybridized carbons (Fsp3) is 0.600. The number of nitrogens with one attached hydrogen (secondary N) is 1. The predicted octanol–water partition coefficient (Wildman–Crippen LogP) is 1.10. The van der Waals surface area contributed by atoms with Gasteiger partial charge in [0.05, 0.1) is 23.4 Å². The van der Waals surface area contributed by atoms with Crippen LogP contribution in [0.4, 0.5) is 0 Å². The van der Waals surface area contributed by atoms with Gasteiger partial charge in [0.1, 0.15) is 4.88 Å². The van der Waals surface area contributed by atoms with Gasteiger partial charge >= 0.3 is 0 Å². The molecular weight excluding hydrogens is 212 g/mol. The van der Waals surface area contributed by atoms with E-state index in [-0.39, 0.29) is 18.1 Å². The van der Waals surface area contributed by atoms with Gasteiger partial charge in [-0.25, -0.2) is 4.98 Å². The molecule has 1 fully saturated rings. The van der Waals surface area contributed by atoms with Gasteiger partial charge in [0.2, 0.25) is 0 Å². The Bertz CT molecular complexity index is 366. The minimum absolute atomic E-state index is 0.0243. The second kappa shape index (κ2) is 3.90. The van der Waals surface area contributed by atoms with Crippen molar-refractivity contribution < 1.29 is 9.90 Å². The average molecular weight is 226 g/mol. The Morgan fingerprint density at radius 3 is 2.87 bits per heavy atom. The number of aryl methyl sites for hydroxylation is 1. The van der Waals surface area contributed by atoms with Crippen LogP contribution < -0.4 is 5.32 Å². The first-order valence-electron chi connectivity index (χ1n) is 5.01. The molecule has 0 aliphatic heterocycles. The van der Waals surface area contributed by atoms with E-state index in [4.69, 9.17) is 0 Å². The van der Waals surface area contributed by atoms with Crippen molar-refractivity contribution in [3.05, 3.63) is 16.1 Å². The maximum atomic E-state index is 11.8. The van der Waals surface area contributed by atoms with Gasteiger partial charge in [-0.15, -0.1) is 11.3 Å². The second-order valence-corrected chi connectivity index (χ2v) is 5.22. The first-order chi connectivity index (χ1) is 7.15. The van der Waals surface area contributed by atoms with Gasteiger partial charge < -0.3 is 10.4 Å². The van der Waals surface area contributed by atoms with E-state index in [0.29, 0.717) is 4.88 Å². The second-order valence-electron chi connectivity index (χ2n) is 3.99. The molecule has 2 rings (SSSR count). The minimum Gasteiger partial charge on any atom is -0.394 e. The lowest BCUT2D eigenvalue weighted by molar-refractivity contribution is 0.0645. The number of hydrogen-bond acceptors (Lipinski definition) is 4. The molecule has 2 N–H and O–H groups in total. The van der Waals surface area contributed by atoms with E-state index in [0.717, 1.165) is 24.3 Å². The number of carbonyl (C=O) groups excluding carboxylic acids is 1. The molecule has 0 radical (unpaired) electrons. The van der Waals surface area contributed by atoms with Crippen LogP contribution in [0.25, 0.3) is 0 Å². The van der Waals surface area contributed by atoms with Gasteiger partial charge in [-0.05, 0) is 26.2 Å². The zero-order valence-corrected chi connectivity index (χ0v) is 9.43. The zero-order chi connectivity index (χ0) is 10.9. The lowest BCUT2D eigenvalue weighted by Gasteiger charge is -2.40. The highest BCUT2D eigenvalue weighted by Crippen LogP contribution is 2.31. The Morgan fingerprint density at radius 1 is 1.73 bits per heavy atom. The summed E-state index contributed by atoms with van der Waals surface area (Å²) in [5.41, 5.74) is -0.366. The number of amides is 1. The lowest BCUT2D eigenvalue weighted by Crippen LogP contribution is -2.56. The standard InChI is InChI=1S/C10H14N2O2S/c1-7-11-5-8(15-7)9(14)12-10(6-13)3-2-4-10/h5,13H,2-4,6H2,1H3,(H,12,14). The summed E-state index contributed by atoms with van der Waals surface area (Å²) in [4.78, 5) is 16.4. The Labute approximate surface area is 92.3 Å². The molecule has 0 saturated heterocycles. The maximum Gasteiger partial charge on any atom is 0.263 e. The molecule has 0 atom stereocenters. The monoisotopic (exact) mass is 226 g/mol. The smallest absolute Gasteiger partial charge is 0.263 e. The average Bonchev–Trinajstić information content (AvgIpc) is 2.58. The molecule has 1 aromatic rings. The van der Waals surface area contributed by atoms with E-state index in [1.54, 1.807) is 6.20 Å². The van der Waals surface area contributed by atoms with Crippen LogP contribution >= 0.6 is 11.3 Å². The lowest BCUT2D eigenvalue weighted by atomic mass is 9.77. The quantitative estimate of drug-likeness (QED) is 0.811. The molecule has 1 amide bonds. The van der Waals surface area contributed by atoms with E-state index in [2.05, 4.69) is 10.3 Å². The van der Waals surface area contributed by atoms with Gasteiger partial charge in [0.15, 0.2) is 0 Å². The fourth-order valence-corrected chi connectivity index (χ4v) is 2.37. The minimum atomic E-state index is -0.366. The zero-order valence-electron chi connectivity index (χ0n) is 8.62. The van der Waals surface area contributed by atoms with Crippen LogP contribution in [0.15, 0.2) is 6.20 Å². The molecule has 0 unspecified atom stereocenters. The third-order valence-corrected chi connectivity index (χ3v) is 3.75. The van der Waals surface area contributed by atoms with E-state index in [1.165, 1.54) is 11.3 Å². The molecule has 1 aromatic heterocycles. The van der Waals surface area contributed by atoms with Crippen LogP contribution in [-0.4, -0.2) is 28.1 Å². The van der Waals surface area contributed by atoms with E-state index >= 15 is 0 Å². The van der Waals surface area contributed by atoms with Crippen molar-refractivity contribution in [3.63, 3.8) is 0 Å². The highest BCUT2D eigenvalue weighted by atomic mass is 32.1. The molecule has 1 aliphatic carbocycles. The molecular formula is C10H14N2O2S. The number of carbonyl (C=O) groups is 1. The molecule has 1 saturated carbocycles. The number of aromatic nitrogens is 1. The summed E-state index contributed by atoms with van der Waals surface area (Å²) in [5.74, 6) is -0.116. The predicted molar refractivity (Wildman–Crippen MR) is 58.0 cm³/mol. The number of nitrogens with zero attached hydrogens (tertiary/aromatic N) is 1. The van der Waals surface area contributed by atoms with Crippen molar-refractivity contribution >= 4 is 17.2 Å². The van der Waals surface area contributed by atoms with Gasteiger partial charge in [-0.2, -0.15) is 0 Å². The fourth-order valence-electron chi connectivity index (χ4n) is 1.69. The first kappa shape index (κ1) is 10.6. The molecule has 1 heterocycles. The third-order valence-electron chi connectivity index (χ3n) is 2.84. The molecule has 0 bridgehead atoms. The normalized spacial score (nSPS) is 18.3. The Balaban J connectivity index is 2.03. The highest BCUT2D eigenvalue weighted by molar-refractivity contribution is 7.13. The number of thiazole rings is 1. The summed E-state index contributed by atoms with van der Waals surface area (Å²) in [7, 11) is 0. The van der Waals surface area contributed by atoms with E-state index in [1.807, 2.05) is 6.92 Å². The number of rotatable bonds is 3. The number of aliphatic hydroxyl groups excluding tert-OH is 1. The third kappa shape index (κ3) is 2.03. The summed E-state index contributed by atoms with van der Waals surface area (Å²) in [6.45, 7) is 1.89. The largest absolute Gasteiger partial charge is 0.394 e. The van der Waals surface area contributed by atoms with Gasteiger partial charge in [-0.1, -0.05) is 0 Å². The van der Waals surface area contributed by atoms with E-state index < -0.39 is 0 Å². The maximum absolute atomic E-state index is 11.8. The first-order valence-corrected chi connectivity index (χ1v) is 5.83. The molecule has 5 heteroatoms. The molecule has 1 aliphatic rings. The van der Waals surface area contributed by atoms with Crippen LogP contribution in [0.1, 0.15) is 33.9 Å². The van der Waals surface area contributed by atoms with Crippen molar-refractivity contribution in [2.24, 2.45) is 0 Å². The van der Waals surface area contributed by atoms with Crippen LogP contribution in [0.5, 0.6) is 0 Å².